The van der Waals surface area contributed by atoms with Gasteiger partial charge in [-0.15, -0.1) is 0 Å². The Labute approximate surface area is 126 Å². The second-order valence-corrected chi connectivity index (χ2v) is 4.80. The van der Waals surface area contributed by atoms with E-state index in [4.69, 9.17) is 21.7 Å². The number of hydrogen-bond donors (Lipinski definition) is 1. The summed E-state index contributed by atoms with van der Waals surface area (Å²) >= 11 is 5.43. The number of ether oxygens (including phenoxy) is 2. The summed E-state index contributed by atoms with van der Waals surface area (Å²) in [6.45, 7) is 0.493. The van der Waals surface area contributed by atoms with E-state index in [-0.39, 0.29) is 0 Å². The molecule has 0 spiro atoms. The van der Waals surface area contributed by atoms with Crippen LogP contribution < -0.4 is 4.74 Å². The number of rotatable bonds is 4. The fraction of sp³-hybridized carbons (Fsp3) is 0.214. The molecule has 3 aromatic rings. The zero-order valence-corrected chi connectivity index (χ0v) is 12.5. The van der Waals surface area contributed by atoms with Gasteiger partial charge in [0.1, 0.15) is 11.8 Å². The number of aromatic nitrogens is 4. The number of fused-ring (bicyclic) bond motifs is 1. The molecule has 0 saturated heterocycles. The van der Waals surface area contributed by atoms with Gasteiger partial charge in [0.15, 0.2) is 10.4 Å². The quantitative estimate of drug-likeness (QED) is 0.751. The normalized spacial score (nSPS) is 11.0. The molecule has 1 aromatic carbocycles. The van der Waals surface area contributed by atoms with Crippen molar-refractivity contribution in [2.24, 2.45) is 0 Å². The van der Waals surface area contributed by atoms with Gasteiger partial charge in [-0.3, -0.25) is 4.57 Å². The number of hydrogen-bond acceptors (Lipinski definition) is 5. The predicted molar refractivity (Wildman–Crippen MR) is 81.3 cm³/mol. The summed E-state index contributed by atoms with van der Waals surface area (Å²) < 4.78 is 12.9. The summed E-state index contributed by atoms with van der Waals surface area (Å²) in [6, 6.07) is 7.89. The molecule has 0 aliphatic rings. The topological polar surface area (TPSA) is 65.0 Å². The number of benzene rings is 1. The highest BCUT2D eigenvalue weighted by Crippen LogP contribution is 2.25. The second kappa shape index (κ2) is 5.63. The molecule has 0 atom stereocenters. The smallest absolute Gasteiger partial charge is 0.242 e. The minimum Gasteiger partial charge on any atom is -0.479 e. The summed E-state index contributed by atoms with van der Waals surface area (Å²) in [5.41, 5.74) is 3.30. The Kier molecular flexibility index (Phi) is 3.68. The molecule has 3 rings (SSSR count). The lowest BCUT2D eigenvalue weighted by Crippen LogP contribution is -2.02. The first-order valence-corrected chi connectivity index (χ1v) is 6.74. The molecule has 21 heavy (non-hydrogen) atoms. The lowest BCUT2D eigenvalue weighted by Gasteiger charge is -2.10. The summed E-state index contributed by atoms with van der Waals surface area (Å²) in [7, 11) is 3.23. The number of aromatic amines is 1. The van der Waals surface area contributed by atoms with Crippen LogP contribution in [0.5, 0.6) is 5.88 Å². The van der Waals surface area contributed by atoms with Gasteiger partial charge in [-0.2, -0.15) is 4.98 Å². The highest BCUT2D eigenvalue weighted by molar-refractivity contribution is 7.71. The molecule has 0 aliphatic heterocycles. The van der Waals surface area contributed by atoms with Gasteiger partial charge in [0, 0.05) is 12.7 Å². The minimum absolute atomic E-state index is 0.467. The summed E-state index contributed by atoms with van der Waals surface area (Å²) in [4.78, 5) is 11.5. The predicted octanol–water partition coefficient (Wildman–Crippen LogP) is 2.63. The maximum Gasteiger partial charge on any atom is 0.242 e. The van der Waals surface area contributed by atoms with Gasteiger partial charge < -0.3 is 14.5 Å². The van der Waals surface area contributed by atoms with Crippen LogP contribution in [0.15, 0.2) is 30.6 Å². The van der Waals surface area contributed by atoms with Crippen molar-refractivity contribution in [3.63, 3.8) is 0 Å². The number of nitrogens with zero attached hydrogens (tertiary/aromatic N) is 3. The van der Waals surface area contributed by atoms with Gasteiger partial charge in [0.25, 0.3) is 0 Å². The fourth-order valence-corrected chi connectivity index (χ4v) is 2.57. The van der Waals surface area contributed by atoms with Gasteiger partial charge in [-0.25, -0.2) is 4.98 Å². The lowest BCUT2D eigenvalue weighted by atomic mass is 10.2. The number of imidazole rings is 1. The third-order valence-corrected chi connectivity index (χ3v) is 3.45. The van der Waals surface area contributed by atoms with Crippen LogP contribution in [-0.2, 0) is 11.3 Å². The van der Waals surface area contributed by atoms with Crippen LogP contribution in [0.3, 0.4) is 0 Å². The van der Waals surface area contributed by atoms with Gasteiger partial charge in [0.2, 0.25) is 5.88 Å². The minimum atomic E-state index is 0.467. The van der Waals surface area contributed by atoms with E-state index in [0.717, 1.165) is 11.3 Å². The van der Waals surface area contributed by atoms with Crippen LogP contribution in [-0.4, -0.2) is 33.7 Å². The van der Waals surface area contributed by atoms with E-state index in [0.29, 0.717) is 28.4 Å². The van der Waals surface area contributed by atoms with Crippen molar-refractivity contribution in [1.82, 2.24) is 19.5 Å². The molecule has 0 fully saturated rings. The van der Waals surface area contributed by atoms with E-state index in [1.54, 1.807) is 14.2 Å². The SMILES string of the molecule is COCc1ccccc1-n1c(=S)[nH]c2c(OC)ncnc21. The molecule has 0 radical (unpaired) electrons. The van der Waals surface area contributed by atoms with Crippen LogP contribution in [0.2, 0.25) is 0 Å². The average Bonchev–Trinajstić information content (AvgIpc) is 2.84. The van der Waals surface area contributed by atoms with Gasteiger partial charge in [0.05, 0.1) is 19.4 Å². The van der Waals surface area contributed by atoms with Crippen molar-refractivity contribution in [3.8, 4) is 11.6 Å². The number of nitrogens with one attached hydrogen (secondary N) is 1. The van der Waals surface area contributed by atoms with Crippen LogP contribution in [0.4, 0.5) is 0 Å². The molecular formula is C14H14N4O2S. The van der Waals surface area contributed by atoms with E-state index in [1.165, 1.54) is 6.33 Å². The number of H-pyrrole nitrogens is 1. The third-order valence-electron chi connectivity index (χ3n) is 3.17. The molecule has 6 nitrogen and oxygen atoms in total. The number of para-hydroxylation sites is 1. The standard InChI is InChI=1S/C14H14N4O2S/c1-19-7-9-5-3-4-6-10(9)18-12-11(17-14(18)21)13(20-2)16-8-15-12/h3-6,8H,7H2,1-2H3,(H,17,21). The van der Waals surface area contributed by atoms with E-state index in [2.05, 4.69) is 15.0 Å². The van der Waals surface area contributed by atoms with E-state index >= 15 is 0 Å². The molecule has 108 valence electrons. The second-order valence-electron chi connectivity index (χ2n) is 4.41. The van der Waals surface area contributed by atoms with Gasteiger partial charge >= 0.3 is 0 Å². The van der Waals surface area contributed by atoms with Crippen molar-refractivity contribution < 1.29 is 9.47 Å². The molecule has 2 aromatic heterocycles. The van der Waals surface area contributed by atoms with Gasteiger partial charge in [-0.05, 0) is 18.3 Å². The molecule has 0 aliphatic carbocycles. The molecule has 0 saturated carbocycles. The number of methoxy groups -OCH3 is 2. The van der Waals surface area contributed by atoms with Crippen molar-refractivity contribution in [2.75, 3.05) is 14.2 Å². The van der Waals surface area contributed by atoms with E-state index < -0.39 is 0 Å². The Bertz CT molecular complexity index is 840. The molecule has 0 amide bonds. The summed E-state index contributed by atoms with van der Waals surface area (Å²) in [5, 5.41) is 0. The Morgan fingerprint density at radius 3 is 2.81 bits per heavy atom. The molecule has 2 heterocycles. The molecule has 0 bridgehead atoms. The maximum absolute atomic E-state index is 5.43. The molecular weight excluding hydrogens is 288 g/mol. The summed E-state index contributed by atoms with van der Waals surface area (Å²) in [6.07, 6.45) is 1.46. The monoisotopic (exact) mass is 302 g/mol. The maximum atomic E-state index is 5.43. The Balaban J connectivity index is 2.31. The zero-order chi connectivity index (χ0) is 14.8. The van der Waals surface area contributed by atoms with Crippen LogP contribution >= 0.6 is 12.2 Å². The van der Waals surface area contributed by atoms with Gasteiger partial charge in [-0.1, -0.05) is 18.2 Å². The third kappa shape index (κ3) is 2.30. The van der Waals surface area contributed by atoms with Crippen molar-refractivity contribution in [1.29, 1.82) is 0 Å². The Morgan fingerprint density at radius 2 is 2.05 bits per heavy atom. The average molecular weight is 302 g/mol. The lowest BCUT2D eigenvalue weighted by molar-refractivity contribution is 0.185. The Morgan fingerprint density at radius 1 is 1.24 bits per heavy atom. The summed E-state index contributed by atoms with van der Waals surface area (Å²) in [5.74, 6) is 0.467. The van der Waals surface area contributed by atoms with Crippen LogP contribution in [0, 0.1) is 4.77 Å². The first-order valence-electron chi connectivity index (χ1n) is 6.33. The van der Waals surface area contributed by atoms with Crippen molar-refractivity contribution >= 4 is 23.4 Å². The largest absolute Gasteiger partial charge is 0.479 e. The fourth-order valence-electron chi connectivity index (χ4n) is 2.28. The Hall–Kier alpha value is -2.25. The zero-order valence-electron chi connectivity index (χ0n) is 11.7. The van der Waals surface area contributed by atoms with Crippen molar-refractivity contribution in [3.05, 3.63) is 40.9 Å². The van der Waals surface area contributed by atoms with E-state index in [9.17, 15) is 0 Å². The van der Waals surface area contributed by atoms with Crippen LogP contribution in [0.1, 0.15) is 5.56 Å². The highest BCUT2D eigenvalue weighted by Gasteiger charge is 2.14. The highest BCUT2D eigenvalue weighted by atomic mass is 32.1. The molecule has 1 N–H and O–H groups in total. The molecule has 0 unspecified atom stereocenters. The van der Waals surface area contributed by atoms with Crippen molar-refractivity contribution in [2.45, 2.75) is 6.61 Å². The molecule has 7 heteroatoms. The van der Waals surface area contributed by atoms with Crippen LogP contribution in [0.25, 0.3) is 16.9 Å². The first kappa shape index (κ1) is 13.7. The van der Waals surface area contributed by atoms with E-state index in [1.807, 2.05) is 28.8 Å². The first-order chi connectivity index (χ1) is 10.3.